The molecule has 0 radical (unpaired) electrons. The van der Waals surface area contributed by atoms with Crippen molar-refractivity contribution in [2.75, 3.05) is 31.1 Å². The summed E-state index contributed by atoms with van der Waals surface area (Å²) in [6, 6.07) is 0.600. The van der Waals surface area contributed by atoms with Crippen LogP contribution in [0, 0.1) is 5.92 Å². The Morgan fingerprint density at radius 3 is 2.50 bits per heavy atom. The number of nitrogens with one attached hydrogen (secondary N) is 1. The number of aliphatic imine (C=N–C) groups is 1. The molecule has 0 aromatic heterocycles. The lowest BCUT2D eigenvalue weighted by Gasteiger charge is -2.30. The molecular weight excluding hydrogens is 274 g/mol. The van der Waals surface area contributed by atoms with E-state index in [1.165, 1.54) is 32.1 Å². The molecule has 2 aliphatic heterocycles. The van der Waals surface area contributed by atoms with Crippen molar-refractivity contribution in [1.82, 2.24) is 10.2 Å². The van der Waals surface area contributed by atoms with E-state index in [0.29, 0.717) is 24.1 Å². The maximum absolute atomic E-state index is 11.5. The van der Waals surface area contributed by atoms with Crippen molar-refractivity contribution in [1.29, 1.82) is 0 Å². The van der Waals surface area contributed by atoms with Gasteiger partial charge in [0.05, 0.1) is 11.5 Å². The van der Waals surface area contributed by atoms with Crippen LogP contribution in [-0.2, 0) is 9.84 Å². The van der Waals surface area contributed by atoms with Gasteiger partial charge in [0.2, 0.25) is 0 Å². The van der Waals surface area contributed by atoms with Crippen LogP contribution in [0.5, 0.6) is 0 Å². The summed E-state index contributed by atoms with van der Waals surface area (Å²) in [7, 11) is -2.78. The van der Waals surface area contributed by atoms with Crippen LogP contribution in [0.2, 0.25) is 0 Å². The molecule has 1 unspecified atom stereocenters. The van der Waals surface area contributed by atoms with Gasteiger partial charge in [0.15, 0.2) is 15.8 Å². The van der Waals surface area contributed by atoms with Gasteiger partial charge in [-0.2, -0.15) is 0 Å². The van der Waals surface area contributed by atoms with Crippen LogP contribution in [0.3, 0.4) is 0 Å². The first kappa shape index (κ1) is 14.2. The molecular formula is C14H25N3O2S. The molecule has 2 heterocycles. The first-order chi connectivity index (χ1) is 9.62. The Balaban J connectivity index is 1.60. The van der Waals surface area contributed by atoms with Gasteiger partial charge in [-0.25, -0.2) is 8.42 Å². The van der Waals surface area contributed by atoms with Gasteiger partial charge in [-0.3, -0.25) is 4.99 Å². The van der Waals surface area contributed by atoms with E-state index in [1.807, 2.05) is 0 Å². The van der Waals surface area contributed by atoms with Crippen LogP contribution in [-0.4, -0.2) is 56.5 Å². The molecule has 3 fully saturated rings. The fourth-order valence-electron chi connectivity index (χ4n) is 2.98. The number of sulfone groups is 1. The predicted molar refractivity (Wildman–Crippen MR) is 80.6 cm³/mol. The number of likely N-dealkylation sites (tertiary alicyclic amines) is 1. The number of nitrogens with zero attached hydrogens (tertiary/aromatic N) is 2. The summed E-state index contributed by atoms with van der Waals surface area (Å²) in [6.07, 6.45) is 7.05. The van der Waals surface area contributed by atoms with Crippen molar-refractivity contribution in [3.63, 3.8) is 0 Å². The van der Waals surface area contributed by atoms with Gasteiger partial charge >= 0.3 is 0 Å². The molecule has 1 saturated carbocycles. The molecule has 3 aliphatic rings. The standard InChI is InChI=1S/C14H25N3O2S/c18-20(19)9-6-12(11-20)10-15-14(16-13-4-5-13)17-7-2-1-3-8-17/h12-13H,1-11H2,(H,15,16). The Labute approximate surface area is 121 Å². The minimum Gasteiger partial charge on any atom is -0.354 e. The maximum atomic E-state index is 11.5. The topological polar surface area (TPSA) is 61.8 Å². The first-order valence-corrected chi connectivity index (χ1v) is 9.71. The van der Waals surface area contributed by atoms with Crippen molar-refractivity contribution >= 4 is 15.8 Å². The lowest BCUT2D eigenvalue weighted by molar-refractivity contribution is 0.330. The largest absolute Gasteiger partial charge is 0.354 e. The smallest absolute Gasteiger partial charge is 0.194 e. The summed E-state index contributed by atoms with van der Waals surface area (Å²) < 4.78 is 23.0. The summed E-state index contributed by atoms with van der Waals surface area (Å²) in [5, 5.41) is 3.53. The van der Waals surface area contributed by atoms with E-state index in [1.54, 1.807) is 0 Å². The van der Waals surface area contributed by atoms with Gasteiger partial charge in [0, 0.05) is 25.7 Å². The molecule has 2 saturated heterocycles. The zero-order valence-corrected chi connectivity index (χ0v) is 12.9. The van der Waals surface area contributed by atoms with Gasteiger partial charge in [-0.1, -0.05) is 0 Å². The molecule has 1 atom stereocenters. The molecule has 20 heavy (non-hydrogen) atoms. The summed E-state index contributed by atoms with van der Waals surface area (Å²) in [6.45, 7) is 2.83. The van der Waals surface area contributed by atoms with Crippen LogP contribution in [0.15, 0.2) is 4.99 Å². The first-order valence-electron chi connectivity index (χ1n) is 7.89. The van der Waals surface area contributed by atoms with Crippen molar-refractivity contribution < 1.29 is 8.42 Å². The van der Waals surface area contributed by atoms with Gasteiger partial charge in [0.1, 0.15) is 0 Å². The third kappa shape index (κ3) is 3.87. The van der Waals surface area contributed by atoms with Crippen LogP contribution in [0.1, 0.15) is 38.5 Å². The Hall–Kier alpha value is -0.780. The third-order valence-corrected chi connectivity index (χ3v) is 6.23. The highest BCUT2D eigenvalue weighted by Crippen LogP contribution is 2.21. The number of hydrogen-bond donors (Lipinski definition) is 1. The van der Waals surface area contributed by atoms with Crippen molar-refractivity contribution in [3.8, 4) is 0 Å². The summed E-state index contributed by atoms with van der Waals surface area (Å²) in [5.41, 5.74) is 0. The molecule has 114 valence electrons. The van der Waals surface area contributed by atoms with Crippen LogP contribution in [0.25, 0.3) is 0 Å². The Morgan fingerprint density at radius 2 is 1.90 bits per heavy atom. The second-order valence-electron chi connectivity index (χ2n) is 6.40. The van der Waals surface area contributed by atoms with E-state index in [4.69, 9.17) is 4.99 Å². The highest BCUT2D eigenvalue weighted by molar-refractivity contribution is 7.91. The zero-order valence-electron chi connectivity index (χ0n) is 12.1. The molecule has 0 aromatic carbocycles. The van der Waals surface area contributed by atoms with Crippen LogP contribution >= 0.6 is 0 Å². The second kappa shape index (κ2) is 5.92. The molecule has 3 rings (SSSR count). The average molecular weight is 299 g/mol. The van der Waals surface area contributed by atoms with E-state index >= 15 is 0 Å². The maximum Gasteiger partial charge on any atom is 0.194 e. The van der Waals surface area contributed by atoms with E-state index < -0.39 is 9.84 Å². The molecule has 5 nitrogen and oxygen atoms in total. The summed E-state index contributed by atoms with van der Waals surface area (Å²) in [4.78, 5) is 7.09. The van der Waals surface area contributed by atoms with Gasteiger partial charge in [-0.05, 0) is 44.4 Å². The molecule has 0 bridgehead atoms. The molecule has 1 aliphatic carbocycles. The van der Waals surface area contributed by atoms with E-state index in [0.717, 1.165) is 25.5 Å². The average Bonchev–Trinajstić information content (AvgIpc) is 3.19. The molecule has 0 spiro atoms. The second-order valence-corrected chi connectivity index (χ2v) is 8.63. The van der Waals surface area contributed by atoms with E-state index in [2.05, 4.69) is 10.2 Å². The Morgan fingerprint density at radius 1 is 1.15 bits per heavy atom. The Kier molecular flexibility index (Phi) is 4.19. The van der Waals surface area contributed by atoms with E-state index in [9.17, 15) is 8.42 Å². The highest BCUT2D eigenvalue weighted by atomic mass is 32.2. The quantitative estimate of drug-likeness (QED) is 0.624. The van der Waals surface area contributed by atoms with Crippen molar-refractivity contribution in [2.45, 2.75) is 44.6 Å². The minimum atomic E-state index is -2.78. The van der Waals surface area contributed by atoms with Crippen LogP contribution < -0.4 is 5.32 Å². The van der Waals surface area contributed by atoms with Crippen molar-refractivity contribution in [3.05, 3.63) is 0 Å². The van der Waals surface area contributed by atoms with Crippen molar-refractivity contribution in [2.24, 2.45) is 10.9 Å². The Bertz CT molecular complexity index is 465. The third-order valence-electron chi connectivity index (χ3n) is 4.39. The predicted octanol–water partition coefficient (Wildman–Crippen LogP) is 1.01. The number of hydrogen-bond acceptors (Lipinski definition) is 3. The van der Waals surface area contributed by atoms with Gasteiger partial charge in [-0.15, -0.1) is 0 Å². The summed E-state index contributed by atoms with van der Waals surface area (Å²) in [5.74, 6) is 1.92. The van der Waals surface area contributed by atoms with Crippen LogP contribution in [0.4, 0.5) is 0 Å². The number of guanidine groups is 1. The zero-order chi connectivity index (χ0) is 14.0. The fourth-order valence-corrected chi connectivity index (χ4v) is 4.83. The molecule has 0 aromatic rings. The molecule has 6 heteroatoms. The lowest BCUT2D eigenvalue weighted by Crippen LogP contribution is -2.45. The van der Waals surface area contributed by atoms with Gasteiger partial charge in [0.25, 0.3) is 0 Å². The normalized spacial score (nSPS) is 30.5. The SMILES string of the molecule is O=S1(=O)CCC(CN=C(NC2CC2)N2CCCCC2)C1. The fraction of sp³-hybridized carbons (Fsp3) is 0.929. The number of piperidine rings is 1. The highest BCUT2D eigenvalue weighted by Gasteiger charge is 2.29. The van der Waals surface area contributed by atoms with Gasteiger partial charge < -0.3 is 10.2 Å². The minimum absolute atomic E-state index is 0.223. The monoisotopic (exact) mass is 299 g/mol. The summed E-state index contributed by atoms with van der Waals surface area (Å²) >= 11 is 0. The number of rotatable bonds is 3. The van der Waals surface area contributed by atoms with E-state index in [-0.39, 0.29) is 5.92 Å². The molecule has 0 amide bonds. The lowest BCUT2D eigenvalue weighted by atomic mass is 10.1. The molecule has 1 N–H and O–H groups in total.